The minimum Gasteiger partial charge on any atom is -0.481 e. The fourth-order valence-corrected chi connectivity index (χ4v) is 8.73. The smallest absolute Gasteiger partial charge is 0.437 e. The first-order valence-electron chi connectivity index (χ1n) is 23.0. The Morgan fingerprint density at radius 1 is 0.603 bits per heavy atom. The van der Waals surface area contributed by atoms with Crippen LogP contribution in [0.15, 0.2) is 45.5 Å². The summed E-state index contributed by atoms with van der Waals surface area (Å²) in [6.45, 7) is 6.70. The molecule has 16 nitrogen and oxygen atoms in total. The van der Waals surface area contributed by atoms with Crippen LogP contribution in [-0.2, 0) is 39.5 Å². The van der Waals surface area contributed by atoms with Gasteiger partial charge in [0.05, 0.1) is 18.4 Å². The summed E-state index contributed by atoms with van der Waals surface area (Å²) in [5, 5.41) is 9.10. The van der Waals surface area contributed by atoms with E-state index in [2.05, 4.69) is 19.9 Å². The minimum atomic E-state index is -4.80. The first-order valence-corrected chi connectivity index (χ1v) is 23.0. The van der Waals surface area contributed by atoms with E-state index in [1.54, 1.807) is 41.0 Å². The Bertz CT molecular complexity index is 2340. The number of anilines is 4. The lowest BCUT2D eigenvalue weighted by Crippen LogP contribution is -2.37. The molecule has 4 aliphatic heterocycles. The molecule has 68 heavy (non-hydrogen) atoms. The zero-order valence-corrected chi connectivity index (χ0v) is 37.6. The van der Waals surface area contributed by atoms with Crippen LogP contribution in [0.3, 0.4) is 0 Å². The van der Waals surface area contributed by atoms with Gasteiger partial charge in [-0.2, -0.15) is 36.3 Å². The van der Waals surface area contributed by atoms with E-state index in [1.807, 2.05) is 9.80 Å². The average molecular weight is 961 g/mol. The van der Waals surface area contributed by atoms with Gasteiger partial charge in [0.15, 0.2) is 11.4 Å². The van der Waals surface area contributed by atoms with Crippen LogP contribution in [0.2, 0.25) is 0 Å². The van der Waals surface area contributed by atoms with Crippen LogP contribution in [0.4, 0.5) is 50.0 Å². The van der Waals surface area contributed by atoms with Crippen molar-refractivity contribution in [2.24, 2.45) is 11.8 Å². The van der Waals surface area contributed by atoms with E-state index in [0.717, 1.165) is 38.5 Å². The SMILES string of the molecule is CCOC(=O)C1CCN(c2ccc(CC(=O)c3oc(N4CCCCC4)nc3C(F)(F)F)cn2)CC1.O=C(Cc1ccc(N2CCC(C(=O)O)CC2)nc1)c1oc(N2CCCCC2)nc1C(F)(F)F. The standard InChI is InChI=1S/C24H29F3N4O4.C22H25F3N4O4/c1-2-34-22(33)17-8-12-30(13-9-17)19-7-6-16(15-28-19)14-18(32)20-21(24(25,26)27)29-23(35-20)31-10-4-3-5-11-31;23-22(24,25)19-18(33-21(27-19)29-8-2-1-3-9-29)16(30)12-14-4-5-17(26-13-14)28-10-6-15(7-11-28)20(31)32/h6-7,15,17H,2-5,8-14H2,1H3;4-5,13,15H,1-3,6-12H2,(H,31,32). The summed E-state index contributed by atoms with van der Waals surface area (Å²) >= 11 is 0. The van der Waals surface area contributed by atoms with Crippen LogP contribution in [0.1, 0.15) is 115 Å². The lowest BCUT2D eigenvalue weighted by molar-refractivity contribution is -0.148. The molecular weight excluding hydrogens is 907 g/mol. The van der Waals surface area contributed by atoms with Gasteiger partial charge in [0.25, 0.3) is 12.0 Å². The van der Waals surface area contributed by atoms with Crippen molar-refractivity contribution in [2.45, 2.75) is 96.3 Å². The maximum Gasteiger partial charge on any atom is 0.437 e. The first kappa shape index (κ1) is 49.7. The molecule has 0 amide bonds. The van der Waals surface area contributed by atoms with Gasteiger partial charge in [0.1, 0.15) is 11.6 Å². The monoisotopic (exact) mass is 960 g/mol. The van der Waals surface area contributed by atoms with E-state index < -0.39 is 52.8 Å². The largest absolute Gasteiger partial charge is 0.481 e. The molecule has 0 bridgehead atoms. The van der Waals surface area contributed by atoms with E-state index >= 15 is 0 Å². The minimum absolute atomic E-state index is 0.123. The molecule has 0 radical (unpaired) electrons. The highest BCUT2D eigenvalue weighted by molar-refractivity contribution is 5.97. The third-order valence-corrected chi connectivity index (χ3v) is 12.5. The number of carboxylic acids is 1. The van der Waals surface area contributed by atoms with E-state index in [1.165, 1.54) is 12.4 Å². The Kier molecular flexibility index (Phi) is 15.9. The lowest BCUT2D eigenvalue weighted by atomic mass is 9.97. The number of carboxylic acid groups (broad SMARTS) is 1. The summed E-state index contributed by atoms with van der Waals surface area (Å²) in [7, 11) is 0. The van der Waals surface area contributed by atoms with Crippen LogP contribution < -0.4 is 19.6 Å². The van der Waals surface area contributed by atoms with Gasteiger partial charge in [-0.05, 0) is 94.4 Å². The second-order valence-corrected chi connectivity index (χ2v) is 17.3. The highest BCUT2D eigenvalue weighted by Gasteiger charge is 2.43. The second-order valence-electron chi connectivity index (χ2n) is 17.3. The summed E-state index contributed by atoms with van der Waals surface area (Å²) in [5.41, 5.74) is -1.64. The van der Waals surface area contributed by atoms with E-state index in [9.17, 15) is 45.5 Å². The summed E-state index contributed by atoms with van der Waals surface area (Å²) in [6, 6.07) is 6.42. The van der Waals surface area contributed by atoms with Crippen molar-refractivity contribution in [3.63, 3.8) is 0 Å². The third-order valence-electron chi connectivity index (χ3n) is 12.5. The molecule has 0 saturated carbocycles. The van der Waals surface area contributed by atoms with Gasteiger partial charge in [-0.3, -0.25) is 19.2 Å². The number of rotatable bonds is 13. The zero-order chi connectivity index (χ0) is 48.6. The molecule has 0 spiro atoms. The second kappa shape index (κ2) is 21.8. The summed E-state index contributed by atoms with van der Waals surface area (Å²) in [5.74, 6) is -3.28. The van der Waals surface area contributed by atoms with Crippen LogP contribution in [0.25, 0.3) is 0 Å². The van der Waals surface area contributed by atoms with Crippen LogP contribution in [-0.4, -0.2) is 108 Å². The molecule has 4 fully saturated rings. The number of piperidine rings is 4. The van der Waals surface area contributed by atoms with Gasteiger partial charge in [-0.25, -0.2) is 9.97 Å². The molecule has 4 saturated heterocycles. The molecule has 22 heteroatoms. The number of pyridine rings is 2. The predicted molar refractivity (Wildman–Crippen MR) is 234 cm³/mol. The number of esters is 1. The quantitative estimate of drug-likeness (QED) is 0.0768. The van der Waals surface area contributed by atoms with Crippen molar-refractivity contribution in [2.75, 3.05) is 78.6 Å². The van der Waals surface area contributed by atoms with Gasteiger partial charge in [0, 0.05) is 77.6 Å². The van der Waals surface area contributed by atoms with Gasteiger partial charge in [0.2, 0.25) is 23.1 Å². The van der Waals surface area contributed by atoms with Gasteiger partial charge < -0.3 is 38.3 Å². The van der Waals surface area contributed by atoms with Crippen LogP contribution >= 0.6 is 0 Å². The number of nitrogens with zero attached hydrogens (tertiary/aromatic N) is 8. The number of hydrogen-bond donors (Lipinski definition) is 1. The average Bonchev–Trinajstić information content (AvgIpc) is 4.01. The number of oxazole rings is 2. The number of halogens is 6. The fraction of sp³-hybridized carbons (Fsp3) is 0.565. The molecule has 0 aromatic carbocycles. The third kappa shape index (κ3) is 12.5. The number of hydrogen-bond acceptors (Lipinski definition) is 15. The summed E-state index contributed by atoms with van der Waals surface area (Å²) in [6.07, 6.45) is 0.453. The number of carbonyl (C=O) groups excluding carboxylic acids is 3. The molecular formula is C46H54F6N8O8. The van der Waals surface area contributed by atoms with Crippen molar-refractivity contribution in [1.29, 1.82) is 0 Å². The van der Waals surface area contributed by atoms with E-state index in [-0.39, 0.29) is 42.7 Å². The van der Waals surface area contributed by atoms with Crippen molar-refractivity contribution in [1.82, 2.24) is 19.9 Å². The summed E-state index contributed by atoms with van der Waals surface area (Å²) in [4.78, 5) is 71.7. The number of alkyl halides is 6. The Balaban J connectivity index is 0.000000202. The molecule has 1 N–H and O–H groups in total. The van der Waals surface area contributed by atoms with Crippen LogP contribution in [0.5, 0.6) is 0 Å². The van der Waals surface area contributed by atoms with Crippen molar-refractivity contribution in [3.8, 4) is 0 Å². The number of ether oxygens (including phenoxy) is 1. The molecule has 0 atom stereocenters. The molecule has 0 unspecified atom stereocenters. The molecule has 4 aromatic rings. The number of Topliss-reactive ketones (excluding diaryl/α,β-unsaturated/α-hetero) is 2. The molecule has 368 valence electrons. The molecule has 4 aromatic heterocycles. The van der Waals surface area contributed by atoms with Crippen LogP contribution in [0, 0.1) is 11.8 Å². The fourth-order valence-electron chi connectivity index (χ4n) is 8.73. The maximum atomic E-state index is 13.6. The highest BCUT2D eigenvalue weighted by Crippen LogP contribution is 2.37. The van der Waals surface area contributed by atoms with Gasteiger partial charge >= 0.3 is 24.3 Å². The number of aliphatic carboxylic acids is 1. The summed E-state index contributed by atoms with van der Waals surface area (Å²) < 4.78 is 97.0. The predicted octanol–water partition coefficient (Wildman–Crippen LogP) is 8.09. The van der Waals surface area contributed by atoms with Crippen molar-refractivity contribution in [3.05, 3.63) is 70.7 Å². The lowest BCUT2D eigenvalue weighted by Gasteiger charge is -2.31. The van der Waals surface area contributed by atoms with Crippen molar-refractivity contribution < 1.29 is 64.2 Å². The molecule has 8 heterocycles. The number of ketones is 2. The molecule has 8 rings (SSSR count). The zero-order valence-electron chi connectivity index (χ0n) is 37.6. The Hall–Kier alpha value is -6.22. The Labute approximate surface area is 388 Å². The van der Waals surface area contributed by atoms with E-state index in [0.29, 0.717) is 107 Å². The number of aromatic nitrogens is 4. The van der Waals surface area contributed by atoms with Gasteiger partial charge in [-0.15, -0.1) is 0 Å². The number of carbonyl (C=O) groups is 4. The Morgan fingerprint density at radius 3 is 1.34 bits per heavy atom. The Morgan fingerprint density at radius 2 is 1.00 bits per heavy atom. The first-order chi connectivity index (χ1) is 32.5. The maximum absolute atomic E-state index is 13.6. The van der Waals surface area contributed by atoms with E-state index in [4.69, 9.17) is 18.7 Å². The van der Waals surface area contributed by atoms with Crippen molar-refractivity contribution >= 4 is 47.2 Å². The van der Waals surface area contributed by atoms with Gasteiger partial charge in [-0.1, -0.05) is 12.1 Å². The molecule has 4 aliphatic rings. The highest BCUT2D eigenvalue weighted by atomic mass is 19.4. The molecule has 0 aliphatic carbocycles. The topological polar surface area (TPSA) is 189 Å². The normalized spacial score (nSPS) is 17.7.